The largest absolute Gasteiger partial charge is 0.376 e. The summed E-state index contributed by atoms with van der Waals surface area (Å²) >= 11 is 0. The molecule has 114 valence electrons. The van der Waals surface area contributed by atoms with Crippen molar-refractivity contribution in [2.45, 2.75) is 31.9 Å². The second-order valence-corrected chi connectivity index (χ2v) is 5.07. The van der Waals surface area contributed by atoms with Gasteiger partial charge < -0.3 is 20.7 Å². The van der Waals surface area contributed by atoms with Crippen LogP contribution in [-0.4, -0.2) is 37.2 Å². The fourth-order valence-electron chi connectivity index (χ4n) is 2.10. The average molecular weight is 291 g/mol. The molecular formula is C15H21N3O3. The zero-order valence-electron chi connectivity index (χ0n) is 12.1. The number of rotatable bonds is 5. The second kappa shape index (κ2) is 7.64. The van der Waals surface area contributed by atoms with Gasteiger partial charge in [0.2, 0.25) is 5.91 Å². The Kier molecular flexibility index (Phi) is 5.57. The van der Waals surface area contributed by atoms with E-state index in [0.29, 0.717) is 12.2 Å². The van der Waals surface area contributed by atoms with Gasteiger partial charge in [-0.1, -0.05) is 18.2 Å². The molecule has 6 heteroatoms. The zero-order valence-corrected chi connectivity index (χ0v) is 12.1. The first-order valence-corrected chi connectivity index (χ1v) is 7.17. The minimum Gasteiger partial charge on any atom is -0.376 e. The molecule has 0 aromatic heterocycles. The van der Waals surface area contributed by atoms with Crippen LogP contribution in [0.3, 0.4) is 0 Å². The number of nitrogens with one attached hydrogen (secondary N) is 3. The van der Waals surface area contributed by atoms with Gasteiger partial charge in [0.05, 0.1) is 6.10 Å². The monoisotopic (exact) mass is 291 g/mol. The molecule has 0 aliphatic carbocycles. The van der Waals surface area contributed by atoms with Gasteiger partial charge >= 0.3 is 6.03 Å². The van der Waals surface area contributed by atoms with Crippen LogP contribution >= 0.6 is 0 Å². The molecular weight excluding hydrogens is 270 g/mol. The summed E-state index contributed by atoms with van der Waals surface area (Å²) in [6.45, 7) is 2.87. The minimum atomic E-state index is -0.616. The van der Waals surface area contributed by atoms with Gasteiger partial charge in [-0.25, -0.2) is 4.79 Å². The maximum Gasteiger partial charge on any atom is 0.315 e. The maximum atomic E-state index is 11.9. The number of para-hydroxylation sites is 1. The number of amides is 3. The third-order valence-corrected chi connectivity index (χ3v) is 3.30. The number of carbonyl (C=O) groups excluding carboxylic acids is 2. The first kappa shape index (κ1) is 15.3. The summed E-state index contributed by atoms with van der Waals surface area (Å²) in [7, 11) is 0. The second-order valence-electron chi connectivity index (χ2n) is 5.07. The molecule has 1 aromatic carbocycles. The molecule has 1 saturated heterocycles. The van der Waals surface area contributed by atoms with E-state index >= 15 is 0 Å². The van der Waals surface area contributed by atoms with E-state index < -0.39 is 6.04 Å². The first-order valence-electron chi connectivity index (χ1n) is 7.17. The lowest BCUT2D eigenvalue weighted by Gasteiger charge is -2.16. The summed E-state index contributed by atoms with van der Waals surface area (Å²) in [5.41, 5.74) is 0.705. The van der Waals surface area contributed by atoms with Crippen molar-refractivity contribution in [1.82, 2.24) is 10.6 Å². The van der Waals surface area contributed by atoms with Crippen LogP contribution in [0.5, 0.6) is 0 Å². The lowest BCUT2D eigenvalue weighted by Crippen LogP contribution is -2.47. The number of anilines is 1. The molecule has 0 spiro atoms. The molecule has 0 bridgehead atoms. The number of benzene rings is 1. The summed E-state index contributed by atoms with van der Waals surface area (Å²) in [6.07, 6.45) is 2.08. The van der Waals surface area contributed by atoms with E-state index in [1.807, 2.05) is 18.2 Å². The molecule has 1 aromatic rings. The fourth-order valence-corrected chi connectivity index (χ4v) is 2.10. The zero-order chi connectivity index (χ0) is 15.1. The Morgan fingerprint density at radius 3 is 2.76 bits per heavy atom. The van der Waals surface area contributed by atoms with Gasteiger partial charge in [-0.2, -0.15) is 0 Å². The van der Waals surface area contributed by atoms with Gasteiger partial charge in [0.15, 0.2) is 0 Å². The number of hydrogen-bond donors (Lipinski definition) is 3. The maximum absolute atomic E-state index is 11.9. The number of ether oxygens (including phenoxy) is 1. The van der Waals surface area contributed by atoms with E-state index in [1.54, 1.807) is 19.1 Å². The highest BCUT2D eigenvalue weighted by atomic mass is 16.5. The highest BCUT2D eigenvalue weighted by molar-refractivity contribution is 5.96. The topological polar surface area (TPSA) is 79.5 Å². The SMILES string of the molecule is C[C@H](NC(=O)NC[C@H]1CCCO1)C(=O)Nc1ccccc1. The van der Waals surface area contributed by atoms with E-state index in [0.717, 1.165) is 19.4 Å². The Labute approximate surface area is 124 Å². The van der Waals surface area contributed by atoms with Gasteiger partial charge in [0, 0.05) is 18.8 Å². The van der Waals surface area contributed by atoms with Crippen molar-refractivity contribution < 1.29 is 14.3 Å². The van der Waals surface area contributed by atoms with Crippen molar-refractivity contribution >= 4 is 17.6 Å². The quantitative estimate of drug-likeness (QED) is 0.769. The molecule has 2 atom stereocenters. The predicted molar refractivity (Wildman–Crippen MR) is 80.0 cm³/mol. The van der Waals surface area contributed by atoms with Crippen molar-refractivity contribution in [3.05, 3.63) is 30.3 Å². The molecule has 1 aliphatic rings. The molecule has 1 fully saturated rings. The van der Waals surface area contributed by atoms with Crippen LogP contribution in [0.2, 0.25) is 0 Å². The highest BCUT2D eigenvalue weighted by Crippen LogP contribution is 2.10. The molecule has 1 aliphatic heterocycles. The lowest BCUT2D eigenvalue weighted by molar-refractivity contribution is -0.117. The van der Waals surface area contributed by atoms with Crippen LogP contribution in [0.15, 0.2) is 30.3 Å². The number of urea groups is 1. The van der Waals surface area contributed by atoms with Crippen LogP contribution in [0.1, 0.15) is 19.8 Å². The van der Waals surface area contributed by atoms with Crippen LogP contribution in [0.25, 0.3) is 0 Å². The molecule has 0 saturated carbocycles. The average Bonchev–Trinajstić information content (AvgIpc) is 2.99. The van der Waals surface area contributed by atoms with E-state index in [-0.39, 0.29) is 18.0 Å². The number of carbonyl (C=O) groups is 2. The standard InChI is InChI=1S/C15H21N3O3/c1-11(14(19)18-12-6-3-2-4-7-12)17-15(20)16-10-13-8-5-9-21-13/h2-4,6-7,11,13H,5,8-10H2,1H3,(H,18,19)(H2,16,17,20)/t11-,13+/m0/s1. The Morgan fingerprint density at radius 2 is 2.10 bits per heavy atom. The lowest BCUT2D eigenvalue weighted by atomic mass is 10.2. The van der Waals surface area contributed by atoms with E-state index in [4.69, 9.17) is 4.74 Å². The minimum absolute atomic E-state index is 0.0872. The normalized spacial score (nSPS) is 18.8. The molecule has 2 rings (SSSR count). The van der Waals surface area contributed by atoms with Gasteiger partial charge in [0.25, 0.3) is 0 Å². The first-order chi connectivity index (χ1) is 10.1. The Balaban J connectivity index is 1.70. The molecule has 1 heterocycles. The molecule has 0 unspecified atom stereocenters. The summed E-state index contributed by atoms with van der Waals surface area (Å²) < 4.78 is 5.41. The van der Waals surface area contributed by atoms with Crippen molar-refractivity contribution in [3.63, 3.8) is 0 Å². The van der Waals surface area contributed by atoms with Gasteiger partial charge in [-0.3, -0.25) is 4.79 Å². The third kappa shape index (κ3) is 5.07. The van der Waals surface area contributed by atoms with Crippen LogP contribution in [0.4, 0.5) is 10.5 Å². The van der Waals surface area contributed by atoms with E-state index in [2.05, 4.69) is 16.0 Å². The van der Waals surface area contributed by atoms with E-state index in [1.165, 1.54) is 0 Å². The molecule has 0 radical (unpaired) electrons. The third-order valence-electron chi connectivity index (χ3n) is 3.30. The Bertz CT molecular complexity index is 472. The van der Waals surface area contributed by atoms with Gasteiger partial charge in [0.1, 0.15) is 6.04 Å². The smallest absolute Gasteiger partial charge is 0.315 e. The summed E-state index contributed by atoms with van der Waals surface area (Å²) in [6, 6.07) is 8.15. The fraction of sp³-hybridized carbons (Fsp3) is 0.467. The highest BCUT2D eigenvalue weighted by Gasteiger charge is 2.18. The van der Waals surface area contributed by atoms with Crippen LogP contribution in [-0.2, 0) is 9.53 Å². The molecule has 6 nitrogen and oxygen atoms in total. The van der Waals surface area contributed by atoms with Crippen molar-refractivity contribution in [1.29, 1.82) is 0 Å². The van der Waals surface area contributed by atoms with Crippen molar-refractivity contribution in [2.75, 3.05) is 18.5 Å². The van der Waals surface area contributed by atoms with Crippen LogP contribution < -0.4 is 16.0 Å². The van der Waals surface area contributed by atoms with Gasteiger partial charge in [-0.15, -0.1) is 0 Å². The van der Waals surface area contributed by atoms with Crippen molar-refractivity contribution in [2.24, 2.45) is 0 Å². The van der Waals surface area contributed by atoms with E-state index in [9.17, 15) is 9.59 Å². The summed E-state index contributed by atoms with van der Waals surface area (Å²) in [4.78, 5) is 23.6. The predicted octanol–water partition coefficient (Wildman–Crippen LogP) is 1.49. The number of hydrogen-bond acceptors (Lipinski definition) is 3. The Morgan fingerprint density at radius 1 is 1.33 bits per heavy atom. The molecule has 3 amide bonds. The van der Waals surface area contributed by atoms with Crippen molar-refractivity contribution in [3.8, 4) is 0 Å². The molecule has 21 heavy (non-hydrogen) atoms. The Hall–Kier alpha value is -2.08. The molecule has 3 N–H and O–H groups in total. The van der Waals surface area contributed by atoms with Crippen LogP contribution in [0, 0.1) is 0 Å². The van der Waals surface area contributed by atoms with Gasteiger partial charge in [-0.05, 0) is 31.9 Å². The summed E-state index contributed by atoms with van der Waals surface area (Å²) in [5.74, 6) is -0.256. The summed E-state index contributed by atoms with van der Waals surface area (Å²) in [5, 5.41) is 8.06.